The van der Waals surface area contributed by atoms with Crippen molar-refractivity contribution in [3.05, 3.63) is 205 Å². The summed E-state index contributed by atoms with van der Waals surface area (Å²) >= 11 is 0. The molecule has 0 radical (unpaired) electrons. The van der Waals surface area contributed by atoms with Crippen LogP contribution in [0.5, 0.6) is 0 Å². The van der Waals surface area contributed by atoms with Gasteiger partial charge in [0.1, 0.15) is 0 Å². The molecule has 5 nitrogen and oxygen atoms in total. The van der Waals surface area contributed by atoms with Crippen molar-refractivity contribution in [3.8, 4) is 39.9 Å². The van der Waals surface area contributed by atoms with E-state index in [9.17, 15) is 0 Å². The monoisotopic (exact) mass is 731 g/mol. The van der Waals surface area contributed by atoms with Gasteiger partial charge >= 0.3 is 0 Å². The van der Waals surface area contributed by atoms with Crippen LogP contribution >= 0.6 is 0 Å². The molecule has 270 valence electrons. The molecule has 2 aliphatic rings. The lowest BCUT2D eigenvalue weighted by Gasteiger charge is -2.39. The van der Waals surface area contributed by atoms with Crippen LogP contribution in [0.2, 0.25) is 0 Å². The molecule has 1 aliphatic carbocycles. The lowest BCUT2D eigenvalue weighted by Crippen LogP contribution is -2.40. The van der Waals surface area contributed by atoms with Gasteiger partial charge in [-0.2, -0.15) is 9.97 Å². The Kier molecular flexibility index (Phi) is 7.61. The number of hydrogen-bond acceptors (Lipinski definition) is 4. The number of para-hydroxylation sites is 2. The van der Waals surface area contributed by atoms with Crippen LogP contribution in [0.4, 0.5) is 11.4 Å². The molecule has 0 N–H and O–H groups in total. The number of fused-ring (bicyclic) bond motifs is 6. The molecule has 57 heavy (non-hydrogen) atoms. The molecule has 1 unspecified atom stereocenters. The molecule has 3 heterocycles. The van der Waals surface area contributed by atoms with Crippen LogP contribution < -0.4 is 4.90 Å². The standard InChI is InChI=1S/C52H37N5/c1-52-31-30-40(34-45(52)42-24-14-15-25-48(42)57(52)41-22-12-5-13-23-41)39-27-29-47-44(33-39)43-32-38(35-16-6-2-7-17-35)26-28-46(43)56(47)51-54-49(36-18-8-3-9-19-36)53-50(55-51)37-20-10-4-11-21-37/h2-30,32-34H,31H2,1H3. The molecule has 0 fully saturated rings. The molecule has 0 saturated heterocycles. The Morgan fingerprint density at radius 2 is 1.02 bits per heavy atom. The van der Waals surface area contributed by atoms with E-state index >= 15 is 0 Å². The third-order valence-corrected chi connectivity index (χ3v) is 11.6. The second kappa shape index (κ2) is 13.1. The minimum absolute atomic E-state index is 0.204. The smallest absolute Gasteiger partial charge is 0.238 e. The Bertz CT molecular complexity index is 2980. The van der Waals surface area contributed by atoms with Crippen molar-refractivity contribution in [2.75, 3.05) is 4.90 Å². The van der Waals surface area contributed by atoms with Gasteiger partial charge in [0.25, 0.3) is 0 Å². The van der Waals surface area contributed by atoms with Crippen LogP contribution in [0.3, 0.4) is 0 Å². The van der Waals surface area contributed by atoms with E-state index in [4.69, 9.17) is 15.0 Å². The second-order valence-corrected chi connectivity index (χ2v) is 15.1. The fourth-order valence-electron chi connectivity index (χ4n) is 8.86. The van der Waals surface area contributed by atoms with Crippen molar-refractivity contribution in [1.82, 2.24) is 19.5 Å². The normalized spacial score (nSPS) is 16.0. The molecule has 1 atom stereocenters. The summed E-state index contributed by atoms with van der Waals surface area (Å²) in [5.74, 6) is 1.85. The topological polar surface area (TPSA) is 46.8 Å². The predicted molar refractivity (Wildman–Crippen MR) is 234 cm³/mol. The summed E-state index contributed by atoms with van der Waals surface area (Å²) in [6.45, 7) is 2.38. The van der Waals surface area contributed by atoms with Gasteiger partial charge in [-0.05, 0) is 89.7 Å². The van der Waals surface area contributed by atoms with E-state index in [2.05, 4.69) is 174 Å². The molecule has 0 spiro atoms. The zero-order chi connectivity index (χ0) is 37.9. The quantitative estimate of drug-likeness (QED) is 0.171. The highest BCUT2D eigenvalue weighted by Gasteiger charge is 2.45. The average molecular weight is 732 g/mol. The number of nitrogens with zero attached hydrogens (tertiary/aromatic N) is 5. The van der Waals surface area contributed by atoms with Gasteiger partial charge in [0, 0.05) is 38.8 Å². The van der Waals surface area contributed by atoms with Gasteiger partial charge in [-0.1, -0.05) is 146 Å². The predicted octanol–water partition coefficient (Wildman–Crippen LogP) is 12.8. The second-order valence-electron chi connectivity index (χ2n) is 15.1. The van der Waals surface area contributed by atoms with Crippen LogP contribution in [-0.2, 0) is 0 Å². The lowest BCUT2D eigenvalue weighted by atomic mass is 9.80. The lowest BCUT2D eigenvalue weighted by molar-refractivity contribution is 0.608. The molecule has 5 heteroatoms. The molecule has 2 aromatic heterocycles. The van der Waals surface area contributed by atoms with Crippen molar-refractivity contribution in [3.63, 3.8) is 0 Å². The van der Waals surface area contributed by atoms with E-state index in [1.165, 1.54) is 39.2 Å². The first-order chi connectivity index (χ1) is 28.1. The molecule has 0 amide bonds. The summed E-state index contributed by atoms with van der Waals surface area (Å²) < 4.78 is 2.21. The number of anilines is 2. The minimum Gasteiger partial charge on any atom is -0.331 e. The van der Waals surface area contributed by atoms with Crippen molar-refractivity contribution in [2.45, 2.75) is 18.9 Å². The Labute approximate surface area is 331 Å². The minimum atomic E-state index is -0.204. The first-order valence-corrected chi connectivity index (χ1v) is 19.5. The van der Waals surface area contributed by atoms with Gasteiger partial charge in [0.05, 0.1) is 16.6 Å². The first-order valence-electron chi connectivity index (χ1n) is 19.5. The summed E-state index contributed by atoms with van der Waals surface area (Å²) in [7, 11) is 0. The highest BCUT2D eigenvalue weighted by molar-refractivity contribution is 6.12. The van der Waals surface area contributed by atoms with Crippen LogP contribution in [-0.4, -0.2) is 25.1 Å². The molecule has 7 aromatic carbocycles. The van der Waals surface area contributed by atoms with E-state index in [-0.39, 0.29) is 5.54 Å². The van der Waals surface area contributed by atoms with Crippen LogP contribution in [0.1, 0.15) is 24.5 Å². The summed E-state index contributed by atoms with van der Waals surface area (Å²) in [5, 5.41) is 2.29. The van der Waals surface area contributed by atoms with Gasteiger partial charge < -0.3 is 4.90 Å². The number of rotatable bonds is 6. The molecule has 9 aromatic rings. The Morgan fingerprint density at radius 1 is 0.491 bits per heavy atom. The van der Waals surface area contributed by atoms with Crippen LogP contribution in [0.25, 0.3) is 72.8 Å². The number of aromatic nitrogens is 4. The Balaban J connectivity index is 1.11. The van der Waals surface area contributed by atoms with Crippen LogP contribution in [0.15, 0.2) is 194 Å². The van der Waals surface area contributed by atoms with E-state index in [1.807, 2.05) is 36.4 Å². The maximum absolute atomic E-state index is 5.18. The zero-order valence-electron chi connectivity index (χ0n) is 31.4. The van der Waals surface area contributed by atoms with Gasteiger partial charge in [-0.25, -0.2) is 4.98 Å². The van der Waals surface area contributed by atoms with E-state index in [0.717, 1.165) is 44.9 Å². The van der Waals surface area contributed by atoms with E-state index in [0.29, 0.717) is 17.6 Å². The van der Waals surface area contributed by atoms with Gasteiger partial charge in [-0.3, -0.25) is 4.57 Å². The highest BCUT2D eigenvalue weighted by atomic mass is 15.2. The first kappa shape index (κ1) is 33.0. The molecular formula is C52H37N5. The fourth-order valence-corrected chi connectivity index (χ4v) is 8.86. The number of hydrogen-bond donors (Lipinski definition) is 0. The number of benzene rings is 7. The molecule has 0 bridgehead atoms. The Hall–Kier alpha value is -7.37. The van der Waals surface area contributed by atoms with Crippen LogP contribution in [0, 0.1) is 0 Å². The average Bonchev–Trinajstić information content (AvgIpc) is 3.75. The SMILES string of the molecule is CC12CC=C(c3ccc4c(c3)c3cc(-c5ccccc5)ccc3n4-c3nc(-c4ccccc4)nc(-c4ccccc4)n3)C=C1c1ccccc1N2c1ccccc1. The largest absolute Gasteiger partial charge is 0.331 e. The van der Waals surface area contributed by atoms with Gasteiger partial charge in [0.2, 0.25) is 5.95 Å². The number of allylic oxidation sites excluding steroid dienone is 2. The third-order valence-electron chi connectivity index (χ3n) is 11.6. The van der Waals surface area contributed by atoms with Gasteiger partial charge in [-0.15, -0.1) is 0 Å². The fraction of sp³-hybridized carbons (Fsp3) is 0.0577. The van der Waals surface area contributed by atoms with Crippen molar-refractivity contribution in [2.24, 2.45) is 0 Å². The summed E-state index contributed by atoms with van der Waals surface area (Å²) in [6, 6.07) is 64.2. The summed E-state index contributed by atoms with van der Waals surface area (Å²) in [4.78, 5) is 17.9. The van der Waals surface area contributed by atoms with Crippen molar-refractivity contribution < 1.29 is 0 Å². The van der Waals surface area contributed by atoms with Gasteiger partial charge in [0.15, 0.2) is 11.6 Å². The van der Waals surface area contributed by atoms with Crippen molar-refractivity contribution >= 4 is 44.3 Å². The third kappa shape index (κ3) is 5.42. The Morgan fingerprint density at radius 3 is 1.65 bits per heavy atom. The molecular weight excluding hydrogens is 695 g/mol. The highest BCUT2D eigenvalue weighted by Crippen LogP contribution is 2.55. The molecule has 1 aliphatic heterocycles. The zero-order valence-corrected chi connectivity index (χ0v) is 31.4. The molecule has 0 saturated carbocycles. The summed E-state index contributed by atoms with van der Waals surface area (Å²) in [6.07, 6.45) is 5.72. The maximum Gasteiger partial charge on any atom is 0.238 e. The van der Waals surface area contributed by atoms with E-state index in [1.54, 1.807) is 0 Å². The van der Waals surface area contributed by atoms with Crippen molar-refractivity contribution in [1.29, 1.82) is 0 Å². The maximum atomic E-state index is 5.18. The molecule has 11 rings (SSSR count). The summed E-state index contributed by atoms with van der Waals surface area (Å²) in [5.41, 5.74) is 13.6. The van der Waals surface area contributed by atoms with E-state index < -0.39 is 0 Å².